The zero-order chi connectivity index (χ0) is 14.9. The second-order valence-corrected chi connectivity index (χ2v) is 4.84. The van der Waals surface area contributed by atoms with E-state index in [0.717, 1.165) is 18.2 Å². The summed E-state index contributed by atoms with van der Waals surface area (Å²) in [6.45, 7) is 0. The summed E-state index contributed by atoms with van der Waals surface area (Å²) in [7, 11) is 0. The molecule has 2 aromatic rings. The summed E-state index contributed by atoms with van der Waals surface area (Å²) >= 11 is 3.07. The molecule has 7 heteroatoms. The fourth-order valence-electron chi connectivity index (χ4n) is 1.53. The van der Waals surface area contributed by atoms with Crippen molar-refractivity contribution in [3.63, 3.8) is 0 Å². The largest absolute Gasteiger partial charge is 0.454 e. The maximum absolute atomic E-state index is 13.5. The first-order chi connectivity index (χ1) is 9.27. The lowest BCUT2D eigenvalue weighted by Crippen LogP contribution is -2.08. The van der Waals surface area contributed by atoms with Crippen LogP contribution in [-0.2, 0) is 6.18 Å². The molecule has 0 heterocycles. The highest BCUT2D eigenvalue weighted by Crippen LogP contribution is 2.37. The molecule has 2 rings (SSSR count). The minimum atomic E-state index is -4.60. The van der Waals surface area contributed by atoms with Crippen LogP contribution in [0, 0.1) is 5.82 Å². The average Bonchev–Trinajstić information content (AvgIpc) is 2.33. The number of anilines is 1. The standard InChI is InChI=1S/C13H8BrF4NO/c14-7-1-4-12(10(15)5-7)20-8-2-3-11(19)9(6-8)13(16,17)18/h1-6H,19H2. The molecular formula is C13H8BrF4NO. The summed E-state index contributed by atoms with van der Waals surface area (Å²) in [4.78, 5) is 0. The van der Waals surface area contributed by atoms with Gasteiger partial charge in [0, 0.05) is 10.2 Å². The average molecular weight is 350 g/mol. The van der Waals surface area contributed by atoms with Crippen LogP contribution >= 0.6 is 15.9 Å². The molecular weight excluding hydrogens is 342 g/mol. The second-order valence-electron chi connectivity index (χ2n) is 3.92. The number of rotatable bonds is 2. The van der Waals surface area contributed by atoms with E-state index in [0.29, 0.717) is 4.47 Å². The number of alkyl halides is 3. The van der Waals surface area contributed by atoms with Gasteiger partial charge in [0.05, 0.1) is 5.56 Å². The van der Waals surface area contributed by atoms with Crippen molar-refractivity contribution in [3.05, 3.63) is 52.3 Å². The molecule has 0 spiro atoms. The van der Waals surface area contributed by atoms with Gasteiger partial charge in [0.15, 0.2) is 11.6 Å². The Morgan fingerprint density at radius 3 is 2.35 bits per heavy atom. The van der Waals surface area contributed by atoms with E-state index >= 15 is 0 Å². The lowest BCUT2D eigenvalue weighted by Gasteiger charge is -2.12. The highest BCUT2D eigenvalue weighted by Gasteiger charge is 2.33. The number of benzene rings is 2. The normalized spacial score (nSPS) is 11.4. The molecule has 0 radical (unpaired) electrons. The first kappa shape index (κ1) is 14.6. The van der Waals surface area contributed by atoms with Gasteiger partial charge in [0.25, 0.3) is 0 Å². The Balaban J connectivity index is 2.35. The molecule has 20 heavy (non-hydrogen) atoms. The molecule has 2 nitrogen and oxygen atoms in total. The van der Waals surface area contributed by atoms with Gasteiger partial charge in [-0.3, -0.25) is 0 Å². The Morgan fingerprint density at radius 1 is 1.05 bits per heavy atom. The van der Waals surface area contributed by atoms with Gasteiger partial charge in [-0.05, 0) is 36.4 Å². The van der Waals surface area contributed by atoms with Crippen molar-refractivity contribution in [1.82, 2.24) is 0 Å². The molecule has 0 aliphatic rings. The fraction of sp³-hybridized carbons (Fsp3) is 0.0769. The van der Waals surface area contributed by atoms with Crippen molar-refractivity contribution < 1.29 is 22.3 Å². The minimum absolute atomic E-state index is 0.146. The molecule has 0 aromatic heterocycles. The summed E-state index contributed by atoms with van der Waals surface area (Å²) in [5, 5.41) is 0. The predicted octanol–water partition coefficient (Wildman–Crippen LogP) is 4.98. The zero-order valence-corrected chi connectivity index (χ0v) is 11.4. The van der Waals surface area contributed by atoms with Gasteiger partial charge >= 0.3 is 6.18 Å². The topological polar surface area (TPSA) is 35.2 Å². The minimum Gasteiger partial charge on any atom is -0.454 e. The van der Waals surface area contributed by atoms with Gasteiger partial charge in [-0.25, -0.2) is 4.39 Å². The van der Waals surface area contributed by atoms with Gasteiger partial charge < -0.3 is 10.5 Å². The number of halogens is 5. The fourth-order valence-corrected chi connectivity index (χ4v) is 1.86. The molecule has 0 aliphatic heterocycles. The Hall–Kier alpha value is -1.76. The summed E-state index contributed by atoms with van der Waals surface area (Å²) in [6.07, 6.45) is -4.60. The first-order valence-electron chi connectivity index (χ1n) is 5.37. The van der Waals surface area contributed by atoms with Crippen molar-refractivity contribution in [2.75, 3.05) is 5.73 Å². The Labute approximate surface area is 120 Å². The third-order valence-corrected chi connectivity index (χ3v) is 2.95. The molecule has 2 N–H and O–H groups in total. The van der Waals surface area contributed by atoms with Gasteiger partial charge in [-0.2, -0.15) is 13.2 Å². The van der Waals surface area contributed by atoms with Crippen molar-refractivity contribution in [3.8, 4) is 11.5 Å². The number of nitrogens with two attached hydrogens (primary N) is 1. The van der Waals surface area contributed by atoms with Gasteiger partial charge in [0.2, 0.25) is 0 Å². The van der Waals surface area contributed by atoms with E-state index in [1.807, 2.05) is 0 Å². The lowest BCUT2D eigenvalue weighted by molar-refractivity contribution is -0.137. The van der Waals surface area contributed by atoms with Crippen LogP contribution in [0.25, 0.3) is 0 Å². The van der Waals surface area contributed by atoms with Crippen LogP contribution in [-0.4, -0.2) is 0 Å². The third-order valence-electron chi connectivity index (χ3n) is 2.45. The van der Waals surface area contributed by atoms with Gasteiger partial charge in [0.1, 0.15) is 5.75 Å². The van der Waals surface area contributed by atoms with E-state index in [9.17, 15) is 17.6 Å². The van der Waals surface area contributed by atoms with Crippen LogP contribution in [0.4, 0.5) is 23.2 Å². The first-order valence-corrected chi connectivity index (χ1v) is 6.16. The van der Waals surface area contributed by atoms with Crippen LogP contribution in [0.5, 0.6) is 11.5 Å². The van der Waals surface area contributed by atoms with Crippen molar-refractivity contribution in [1.29, 1.82) is 0 Å². The van der Waals surface area contributed by atoms with E-state index in [2.05, 4.69) is 15.9 Å². The zero-order valence-electron chi connectivity index (χ0n) is 9.84. The molecule has 0 bridgehead atoms. The van der Waals surface area contributed by atoms with Gasteiger partial charge in [-0.1, -0.05) is 15.9 Å². The predicted molar refractivity (Wildman–Crippen MR) is 70.0 cm³/mol. The molecule has 0 aliphatic carbocycles. The molecule has 0 saturated carbocycles. The molecule has 0 fully saturated rings. The van der Waals surface area contributed by atoms with E-state index in [-0.39, 0.29) is 11.5 Å². The Kier molecular flexibility index (Phi) is 3.89. The Bertz CT molecular complexity index is 643. The maximum Gasteiger partial charge on any atom is 0.418 e. The lowest BCUT2D eigenvalue weighted by atomic mass is 10.1. The molecule has 0 amide bonds. The van der Waals surface area contributed by atoms with Crippen LogP contribution in [0.3, 0.4) is 0 Å². The SMILES string of the molecule is Nc1ccc(Oc2ccc(Br)cc2F)cc1C(F)(F)F. The number of nitrogen functional groups attached to an aromatic ring is 1. The summed E-state index contributed by atoms with van der Waals surface area (Å²) in [5.41, 5.74) is 3.83. The van der Waals surface area contributed by atoms with Crippen molar-refractivity contribution in [2.45, 2.75) is 6.18 Å². The highest BCUT2D eigenvalue weighted by atomic mass is 79.9. The molecule has 106 valence electrons. The smallest absolute Gasteiger partial charge is 0.418 e. The summed E-state index contributed by atoms with van der Waals surface area (Å²) in [6, 6.07) is 7.01. The summed E-state index contributed by atoms with van der Waals surface area (Å²) < 4.78 is 57.2. The van der Waals surface area contributed by atoms with Crippen molar-refractivity contribution in [2.24, 2.45) is 0 Å². The second kappa shape index (κ2) is 5.32. The molecule has 2 aromatic carbocycles. The molecule has 0 saturated heterocycles. The van der Waals surface area contributed by atoms with E-state index < -0.39 is 23.2 Å². The Morgan fingerprint density at radius 2 is 1.75 bits per heavy atom. The monoisotopic (exact) mass is 349 g/mol. The van der Waals surface area contributed by atoms with Crippen LogP contribution in [0.1, 0.15) is 5.56 Å². The van der Waals surface area contributed by atoms with Crippen LogP contribution in [0.2, 0.25) is 0 Å². The maximum atomic E-state index is 13.5. The highest BCUT2D eigenvalue weighted by molar-refractivity contribution is 9.10. The van der Waals surface area contributed by atoms with E-state index in [1.54, 1.807) is 0 Å². The third kappa shape index (κ3) is 3.22. The van der Waals surface area contributed by atoms with Gasteiger partial charge in [-0.15, -0.1) is 0 Å². The van der Waals surface area contributed by atoms with Crippen LogP contribution in [0.15, 0.2) is 40.9 Å². The quantitative estimate of drug-likeness (QED) is 0.612. The van der Waals surface area contributed by atoms with Crippen LogP contribution < -0.4 is 10.5 Å². The molecule has 0 atom stereocenters. The van der Waals surface area contributed by atoms with Crippen molar-refractivity contribution >= 4 is 21.6 Å². The van der Waals surface area contributed by atoms with E-state index in [4.69, 9.17) is 10.5 Å². The summed E-state index contributed by atoms with van der Waals surface area (Å²) in [5.74, 6) is -1.01. The number of hydrogen-bond acceptors (Lipinski definition) is 2. The number of hydrogen-bond donors (Lipinski definition) is 1. The molecule has 0 unspecified atom stereocenters. The van der Waals surface area contributed by atoms with E-state index in [1.165, 1.54) is 18.2 Å². The number of ether oxygens (including phenoxy) is 1.